The fraction of sp³-hybridized carbons (Fsp3) is 0.286. The molecule has 1 aliphatic carbocycles. The van der Waals surface area contributed by atoms with Gasteiger partial charge in [0.15, 0.2) is 0 Å². The van der Waals surface area contributed by atoms with Crippen LogP contribution in [-0.4, -0.2) is 17.0 Å². The Balaban J connectivity index is 1.47. The van der Waals surface area contributed by atoms with Crippen LogP contribution in [0.5, 0.6) is 0 Å². The molecule has 0 saturated heterocycles. The van der Waals surface area contributed by atoms with Crippen LogP contribution >= 0.6 is 11.3 Å². The van der Waals surface area contributed by atoms with Gasteiger partial charge >= 0.3 is 0 Å². The van der Waals surface area contributed by atoms with Gasteiger partial charge in [-0.15, -0.1) is 11.3 Å². The van der Waals surface area contributed by atoms with E-state index in [1.807, 2.05) is 36.4 Å². The minimum Gasteiger partial charge on any atom is -0.360 e. The number of amides is 2. The van der Waals surface area contributed by atoms with Crippen LogP contribution in [-0.2, 0) is 12.8 Å². The maximum atomic E-state index is 12.7. The van der Waals surface area contributed by atoms with Crippen LogP contribution in [0, 0.1) is 6.92 Å². The van der Waals surface area contributed by atoms with E-state index in [9.17, 15) is 9.59 Å². The van der Waals surface area contributed by atoms with Crippen molar-refractivity contribution in [1.29, 1.82) is 0 Å². The Kier molecular flexibility index (Phi) is 5.25. The predicted molar refractivity (Wildman–Crippen MR) is 107 cm³/mol. The molecule has 0 atom stereocenters. The number of aromatic nitrogens is 1. The second kappa shape index (κ2) is 7.98. The van der Waals surface area contributed by atoms with Crippen molar-refractivity contribution in [2.75, 3.05) is 0 Å². The second-order valence-electron chi connectivity index (χ2n) is 6.86. The van der Waals surface area contributed by atoms with Gasteiger partial charge in [-0.05, 0) is 44.2 Å². The van der Waals surface area contributed by atoms with Crippen LogP contribution in [0.2, 0.25) is 0 Å². The number of fused-ring (bicyclic) bond motifs is 1. The zero-order valence-corrected chi connectivity index (χ0v) is 16.4. The van der Waals surface area contributed by atoms with E-state index in [2.05, 4.69) is 16.0 Å². The highest BCUT2D eigenvalue weighted by Gasteiger charge is 2.23. The fourth-order valence-corrected chi connectivity index (χ4v) is 4.60. The van der Waals surface area contributed by atoms with E-state index in [1.54, 1.807) is 6.92 Å². The molecular weight excluding hydrogens is 374 g/mol. The molecule has 1 aromatic carbocycles. The van der Waals surface area contributed by atoms with Crippen LogP contribution in [0.25, 0.3) is 11.3 Å². The number of hydrazine groups is 1. The summed E-state index contributed by atoms with van der Waals surface area (Å²) in [4.78, 5) is 27.1. The van der Waals surface area contributed by atoms with Crippen molar-refractivity contribution in [3.63, 3.8) is 0 Å². The van der Waals surface area contributed by atoms with Gasteiger partial charge in [-0.3, -0.25) is 20.4 Å². The first-order chi connectivity index (χ1) is 13.6. The van der Waals surface area contributed by atoms with Gasteiger partial charge in [0.25, 0.3) is 11.8 Å². The number of hydrogen-bond donors (Lipinski definition) is 2. The Hall–Kier alpha value is -2.93. The summed E-state index contributed by atoms with van der Waals surface area (Å²) in [6.45, 7) is 1.67. The largest absolute Gasteiger partial charge is 0.360 e. The third kappa shape index (κ3) is 3.71. The van der Waals surface area contributed by atoms with Gasteiger partial charge in [-0.1, -0.05) is 41.9 Å². The first-order valence-corrected chi connectivity index (χ1v) is 10.2. The van der Waals surface area contributed by atoms with E-state index in [0.29, 0.717) is 21.9 Å². The lowest BCUT2D eigenvalue weighted by atomic mass is 10.1. The molecule has 0 bridgehead atoms. The highest BCUT2D eigenvalue weighted by atomic mass is 32.1. The molecule has 144 valence electrons. The minimum absolute atomic E-state index is 0.304. The summed E-state index contributed by atoms with van der Waals surface area (Å²) in [5.74, 6) is -0.362. The zero-order chi connectivity index (χ0) is 19.5. The lowest BCUT2D eigenvalue weighted by Crippen LogP contribution is -2.41. The maximum Gasteiger partial charge on any atom is 0.279 e. The zero-order valence-electron chi connectivity index (χ0n) is 15.6. The molecule has 0 unspecified atom stereocenters. The van der Waals surface area contributed by atoms with Crippen molar-refractivity contribution >= 4 is 23.2 Å². The summed E-state index contributed by atoms with van der Waals surface area (Å²) < 4.78 is 5.21. The molecule has 6 nitrogen and oxygen atoms in total. The van der Waals surface area contributed by atoms with Crippen LogP contribution in [0.3, 0.4) is 0 Å². The highest BCUT2D eigenvalue weighted by Crippen LogP contribution is 2.29. The number of nitrogens with one attached hydrogen (secondary N) is 2. The van der Waals surface area contributed by atoms with E-state index in [1.165, 1.54) is 34.6 Å². The van der Waals surface area contributed by atoms with Crippen LogP contribution in [0.4, 0.5) is 0 Å². The molecular formula is C21H21N3O3S. The monoisotopic (exact) mass is 395 g/mol. The molecule has 0 fully saturated rings. The number of nitrogens with zero attached hydrogens (tertiary/aromatic N) is 1. The van der Waals surface area contributed by atoms with E-state index in [4.69, 9.17) is 4.52 Å². The first-order valence-electron chi connectivity index (χ1n) is 9.37. The summed E-state index contributed by atoms with van der Waals surface area (Å²) in [5.41, 5.74) is 7.82. The SMILES string of the molecule is Cc1onc(-c2ccccc2)c1C(=O)NNC(=O)c1cc2c(s1)CCCCC2. The quantitative estimate of drug-likeness (QED) is 0.517. The van der Waals surface area contributed by atoms with Crippen molar-refractivity contribution in [2.45, 2.75) is 39.0 Å². The van der Waals surface area contributed by atoms with Gasteiger partial charge in [0.1, 0.15) is 17.0 Å². The van der Waals surface area contributed by atoms with Crippen molar-refractivity contribution < 1.29 is 14.1 Å². The van der Waals surface area contributed by atoms with Gasteiger partial charge in [0.05, 0.1) is 4.88 Å². The average Bonchev–Trinajstić information content (AvgIpc) is 3.23. The molecule has 0 spiro atoms. The normalized spacial score (nSPS) is 13.5. The molecule has 2 amide bonds. The molecule has 1 aliphatic rings. The number of carbonyl (C=O) groups excluding carboxylic acids is 2. The standard InChI is InChI=1S/C21H21N3O3S/c1-13-18(19(24-27-13)14-8-4-2-5-9-14)21(26)23-22-20(25)17-12-15-10-6-3-7-11-16(15)28-17/h2,4-5,8-9,12H,3,6-7,10-11H2,1H3,(H,22,25)(H,23,26). The van der Waals surface area contributed by atoms with E-state index in [-0.39, 0.29) is 5.91 Å². The summed E-state index contributed by atoms with van der Waals surface area (Å²) in [5, 5.41) is 4.00. The topological polar surface area (TPSA) is 84.2 Å². The van der Waals surface area contributed by atoms with Crippen molar-refractivity contribution in [2.24, 2.45) is 0 Å². The molecule has 28 heavy (non-hydrogen) atoms. The van der Waals surface area contributed by atoms with Crippen molar-refractivity contribution in [3.05, 3.63) is 63.0 Å². The summed E-state index contributed by atoms with van der Waals surface area (Å²) in [7, 11) is 0. The smallest absolute Gasteiger partial charge is 0.279 e. The molecule has 7 heteroatoms. The fourth-order valence-electron chi connectivity index (χ4n) is 3.45. The van der Waals surface area contributed by atoms with Crippen LogP contribution < -0.4 is 10.9 Å². The lowest BCUT2D eigenvalue weighted by Gasteiger charge is -2.07. The van der Waals surface area contributed by atoms with Crippen molar-refractivity contribution in [3.8, 4) is 11.3 Å². The summed E-state index contributed by atoms with van der Waals surface area (Å²) >= 11 is 1.51. The second-order valence-corrected chi connectivity index (χ2v) is 7.99. The lowest BCUT2D eigenvalue weighted by molar-refractivity contribution is 0.0848. The van der Waals surface area contributed by atoms with Gasteiger partial charge in [0, 0.05) is 10.4 Å². The Labute approximate surface area is 166 Å². The molecule has 2 aromatic heterocycles. The molecule has 2 N–H and O–H groups in total. The Morgan fingerprint density at radius 2 is 1.79 bits per heavy atom. The molecule has 0 saturated carbocycles. The first kappa shape index (κ1) is 18.4. The number of rotatable bonds is 3. The van der Waals surface area contributed by atoms with E-state index >= 15 is 0 Å². The van der Waals surface area contributed by atoms with Gasteiger partial charge in [-0.25, -0.2) is 0 Å². The number of thiophene rings is 1. The van der Waals surface area contributed by atoms with Gasteiger partial charge in [-0.2, -0.15) is 0 Å². The Morgan fingerprint density at radius 1 is 1.04 bits per heavy atom. The van der Waals surface area contributed by atoms with Crippen LogP contribution in [0.15, 0.2) is 40.9 Å². The summed E-state index contributed by atoms with van der Waals surface area (Å²) in [6, 6.07) is 11.3. The highest BCUT2D eigenvalue weighted by molar-refractivity contribution is 7.14. The van der Waals surface area contributed by atoms with Gasteiger partial charge < -0.3 is 4.52 Å². The predicted octanol–water partition coefficient (Wildman–Crippen LogP) is 4.06. The number of hydrogen-bond acceptors (Lipinski definition) is 5. The molecule has 0 radical (unpaired) electrons. The number of aryl methyl sites for hydroxylation is 3. The van der Waals surface area contributed by atoms with Crippen LogP contribution in [0.1, 0.15) is 55.5 Å². The van der Waals surface area contributed by atoms with Crippen molar-refractivity contribution in [1.82, 2.24) is 16.0 Å². The van der Waals surface area contributed by atoms with E-state index < -0.39 is 5.91 Å². The maximum absolute atomic E-state index is 12.7. The Bertz CT molecular complexity index is 984. The molecule has 4 rings (SSSR count). The molecule has 2 heterocycles. The third-order valence-electron chi connectivity index (χ3n) is 4.90. The van der Waals surface area contributed by atoms with Gasteiger partial charge in [0.2, 0.25) is 0 Å². The summed E-state index contributed by atoms with van der Waals surface area (Å²) in [6.07, 6.45) is 5.61. The number of carbonyl (C=O) groups is 2. The number of benzene rings is 1. The Morgan fingerprint density at radius 3 is 2.61 bits per heavy atom. The molecule has 3 aromatic rings. The third-order valence-corrected chi connectivity index (χ3v) is 6.13. The molecule has 0 aliphatic heterocycles. The minimum atomic E-state index is -0.455. The van der Waals surface area contributed by atoms with E-state index in [0.717, 1.165) is 24.8 Å². The average molecular weight is 395 g/mol.